The van der Waals surface area contributed by atoms with E-state index in [4.69, 9.17) is 0 Å². The van der Waals surface area contributed by atoms with E-state index in [9.17, 15) is 4.79 Å². The number of carbonyl (C=O) groups is 1. The minimum Gasteiger partial charge on any atom is -0.338 e. The lowest BCUT2D eigenvalue weighted by molar-refractivity contribution is 0.170. The molecule has 0 spiro atoms. The van der Waals surface area contributed by atoms with E-state index in [2.05, 4.69) is 54.6 Å². The third-order valence-corrected chi connectivity index (χ3v) is 4.33. The molecule has 1 heterocycles. The van der Waals surface area contributed by atoms with Crippen molar-refractivity contribution in [1.82, 2.24) is 15.1 Å². The number of amides is 2. The van der Waals surface area contributed by atoms with Crippen molar-refractivity contribution in [3.8, 4) is 0 Å². The van der Waals surface area contributed by atoms with Gasteiger partial charge in [0.2, 0.25) is 0 Å². The molecule has 1 aliphatic heterocycles. The Kier molecular flexibility index (Phi) is 6.72. The molecule has 1 fully saturated rings. The van der Waals surface area contributed by atoms with Gasteiger partial charge in [-0.15, -0.1) is 0 Å². The van der Waals surface area contributed by atoms with Gasteiger partial charge in [-0.2, -0.15) is 0 Å². The number of nitrogens with zero attached hydrogens (tertiary/aromatic N) is 2. The monoisotopic (exact) mass is 303 g/mol. The first kappa shape index (κ1) is 16.8. The van der Waals surface area contributed by atoms with E-state index in [0.717, 1.165) is 51.9 Å². The van der Waals surface area contributed by atoms with Crippen LogP contribution in [-0.4, -0.2) is 56.1 Å². The SMILES string of the molecule is CN(C)CCCNC(=O)N1CCC(Cc2ccccc2)CC1. The van der Waals surface area contributed by atoms with Crippen molar-refractivity contribution in [2.24, 2.45) is 5.92 Å². The van der Waals surface area contributed by atoms with Crippen LogP contribution in [0.1, 0.15) is 24.8 Å². The number of carbonyl (C=O) groups excluding carboxylic acids is 1. The van der Waals surface area contributed by atoms with Gasteiger partial charge in [-0.05, 0) is 57.8 Å². The molecule has 2 amide bonds. The van der Waals surface area contributed by atoms with Gasteiger partial charge in [0.15, 0.2) is 0 Å². The van der Waals surface area contributed by atoms with E-state index in [1.54, 1.807) is 0 Å². The fraction of sp³-hybridized carbons (Fsp3) is 0.611. The van der Waals surface area contributed by atoms with Crippen molar-refractivity contribution in [3.63, 3.8) is 0 Å². The highest BCUT2D eigenvalue weighted by Crippen LogP contribution is 2.21. The minimum atomic E-state index is 0.108. The Hall–Kier alpha value is -1.55. The molecule has 122 valence electrons. The fourth-order valence-electron chi connectivity index (χ4n) is 2.99. The summed E-state index contributed by atoms with van der Waals surface area (Å²) in [7, 11) is 4.11. The number of hydrogen-bond acceptors (Lipinski definition) is 2. The van der Waals surface area contributed by atoms with Crippen molar-refractivity contribution in [3.05, 3.63) is 35.9 Å². The summed E-state index contributed by atoms with van der Waals surface area (Å²) >= 11 is 0. The molecule has 0 saturated carbocycles. The maximum atomic E-state index is 12.1. The smallest absolute Gasteiger partial charge is 0.317 e. The first-order chi connectivity index (χ1) is 10.6. The number of hydrogen-bond donors (Lipinski definition) is 1. The van der Waals surface area contributed by atoms with E-state index in [1.165, 1.54) is 5.56 Å². The maximum Gasteiger partial charge on any atom is 0.317 e. The van der Waals surface area contributed by atoms with Crippen molar-refractivity contribution in [1.29, 1.82) is 0 Å². The predicted octanol–water partition coefficient (Wildman–Crippen LogP) is 2.60. The van der Waals surface area contributed by atoms with Crippen molar-refractivity contribution in [2.75, 3.05) is 40.3 Å². The lowest BCUT2D eigenvalue weighted by Gasteiger charge is -2.32. The second kappa shape index (κ2) is 8.79. The molecule has 0 radical (unpaired) electrons. The van der Waals surface area contributed by atoms with E-state index in [1.807, 2.05) is 4.90 Å². The lowest BCUT2D eigenvalue weighted by Crippen LogP contribution is -2.45. The molecule has 2 rings (SSSR count). The molecule has 22 heavy (non-hydrogen) atoms. The van der Waals surface area contributed by atoms with Crippen molar-refractivity contribution >= 4 is 6.03 Å². The van der Waals surface area contributed by atoms with Crippen molar-refractivity contribution in [2.45, 2.75) is 25.7 Å². The first-order valence-corrected chi connectivity index (χ1v) is 8.36. The third kappa shape index (κ3) is 5.68. The highest BCUT2D eigenvalue weighted by molar-refractivity contribution is 5.74. The quantitative estimate of drug-likeness (QED) is 0.820. The lowest BCUT2D eigenvalue weighted by atomic mass is 9.90. The zero-order valence-electron chi connectivity index (χ0n) is 13.9. The van der Waals surface area contributed by atoms with E-state index in [-0.39, 0.29) is 6.03 Å². The van der Waals surface area contributed by atoms with E-state index in [0.29, 0.717) is 5.92 Å². The van der Waals surface area contributed by atoms with Gasteiger partial charge in [0.05, 0.1) is 0 Å². The Morgan fingerprint density at radius 1 is 1.23 bits per heavy atom. The zero-order valence-corrected chi connectivity index (χ0v) is 13.9. The normalized spacial score (nSPS) is 16.0. The summed E-state index contributed by atoms with van der Waals surface area (Å²) < 4.78 is 0. The standard InChI is InChI=1S/C18H29N3O/c1-20(2)12-6-11-19-18(22)21-13-9-17(10-14-21)15-16-7-4-3-5-8-16/h3-5,7-8,17H,6,9-15H2,1-2H3,(H,19,22). The Bertz CT molecular complexity index is 439. The predicted molar refractivity (Wildman–Crippen MR) is 91.0 cm³/mol. The molecule has 1 N–H and O–H groups in total. The van der Waals surface area contributed by atoms with Gasteiger partial charge in [-0.1, -0.05) is 30.3 Å². The fourth-order valence-corrected chi connectivity index (χ4v) is 2.99. The number of urea groups is 1. The summed E-state index contributed by atoms with van der Waals surface area (Å²) in [6.45, 7) is 3.55. The van der Waals surface area contributed by atoms with Crippen LogP contribution in [0.5, 0.6) is 0 Å². The van der Waals surface area contributed by atoms with Crippen LogP contribution < -0.4 is 5.32 Å². The third-order valence-electron chi connectivity index (χ3n) is 4.33. The Balaban J connectivity index is 1.65. The van der Waals surface area contributed by atoms with Gasteiger partial charge in [-0.3, -0.25) is 0 Å². The number of likely N-dealkylation sites (tertiary alicyclic amines) is 1. The highest BCUT2D eigenvalue weighted by Gasteiger charge is 2.22. The van der Waals surface area contributed by atoms with Gasteiger partial charge >= 0.3 is 6.03 Å². The van der Waals surface area contributed by atoms with Crippen LogP contribution >= 0.6 is 0 Å². The van der Waals surface area contributed by atoms with E-state index < -0.39 is 0 Å². The van der Waals surface area contributed by atoms with Gasteiger partial charge in [0.1, 0.15) is 0 Å². The minimum absolute atomic E-state index is 0.108. The zero-order chi connectivity index (χ0) is 15.8. The first-order valence-electron chi connectivity index (χ1n) is 8.36. The summed E-state index contributed by atoms with van der Waals surface area (Å²) in [6.07, 6.45) is 4.36. The molecule has 0 aromatic heterocycles. The Labute approximate surface area is 134 Å². The molecule has 0 bridgehead atoms. The average molecular weight is 303 g/mol. The summed E-state index contributed by atoms with van der Waals surface area (Å²) in [4.78, 5) is 16.2. The summed E-state index contributed by atoms with van der Waals surface area (Å²) in [5, 5.41) is 3.03. The number of nitrogens with one attached hydrogen (secondary N) is 1. The second-order valence-electron chi connectivity index (χ2n) is 6.51. The molecule has 1 aromatic carbocycles. The topological polar surface area (TPSA) is 35.6 Å². The molecular weight excluding hydrogens is 274 g/mol. The maximum absolute atomic E-state index is 12.1. The van der Waals surface area contributed by atoms with Crippen LogP contribution in [0.4, 0.5) is 4.79 Å². The summed E-state index contributed by atoms with van der Waals surface area (Å²) in [5.74, 6) is 0.709. The Morgan fingerprint density at radius 3 is 2.55 bits per heavy atom. The number of benzene rings is 1. The van der Waals surface area contributed by atoms with E-state index >= 15 is 0 Å². The van der Waals surface area contributed by atoms with Gasteiger partial charge in [0.25, 0.3) is 0 Å². The molecule has 0 atom stereocenters. The van der Waals surface area contributed by atoms with Crippen LogP contribution in [0.2, 0.25) is 0 Å². The molecule has 4 heteroatoms. The number of piperidine rings is 1. The van der Waals surface area contributed by atoms with Crippen LogP contribution in [0.3, 0.4) is 0 Å². The van der Waals surface area contributed by atoms with Crippen LogP contribution in [0, 0.1) is 5.92 Å². The Morgan fingerprint density at radius 2 is 1.91 bits per heavy atom. The van der Waals surface area contributed by atoms with Crippen molar-refractivity contribution < 1.29 is 4.79 Å². The van der Waals surface area contributed by atoms with Gasteiger partial charge < -0.3 is 15.1 Å². The molecule has 1 saturated heterocycles. The molecule has 1 aromatic rings. The van der Waals surface area contributed by atoms with Crippen LogP contribution in [0.15, 0.2) is 30.3 Å². The molecule has 0 unspecified atom stereocenters. The van der Waals surface area contributed by atoms with Gasteiger partial charge in [0, 0.05) is 19.6 Å². The molecule has 1 aliphatic rings. The summed E-state index contributed by atoms with van der Waals surface area (Å²) in [5.41, 5.74) is 1.41. The van der Waals surface area contributed by atoms with Crippen LogP contribution in [0.25, 0.3) is 0 Å². The summed E-state index contributed by atoms with van der Waals surface area (Å²) in [6, 6.07) is 10.8. The molecule has 0 aliphatic carbocycles. The van der Waals surface area contributed by atoms with Crippen LogP contribution in [-0.2, 0) is 6.42 Å². The highest BCUT2D eigenvalue weighted by atomic mass is 16.2. The largest absolute Gasteiger partial charge is 0.338 e. The average Bonchev–Trinajstić information content (AvgIpc) is 2.53. The molecule has 4 nitrogen and oxygen atoms in total. The molecular formula is C18H29N3O. The second-order valence-corrected chi connectivity index (χ2v) is 6.51. The van der Waals surface area contributed by atoms with Gasteiger partial charge in [-0.25, -0.2) is 4.79 Å². The number of rotatable bonds is 6.